The first-order valence-electron chi connectivity index (χ1n) is 15.8. The first kappa shape index (κ1) is 37.0. The van der Waals surface area contributed by atoms with Crippen LogP contribution < -0.4 is 5.32 Å². The molecular formula is C36H53NO7. The fraction of sp³-hybridized carbons (Fsp3) is 0.583. The van der Waals surface area contributed by atoms with Gasteiger partial charge >= 0.3 is 11.9 Å². The number of amides is 1. The summed E-state index contributed by atoms with van der Waals surface area (Å²) in [6.07, 6.45) is 12.6. The third-order valence-corrected chi connectivity index (χ3v) is 7.95. The molecule has 0 aromatic carbocycles. The molecule has 5 unspecified atom stereocenters. The zero-order valence-electron chi connectivity index (χ0n) is 27.7. The van der Waals surface area contributed by atoms with Gasteiger partial charge in [-0.25, -0.2) is 4.79 Å². The molecule has 5 atom stereocenters. The van der Waals surface area contributed by atoms with Gasteiger partial charge in [0, 0.05) is 31.2 Å². The number of carbonyl (C=O) groups excluding carboxylic acids is 3. The molecule has 0 aromatic rings. The number of ether oxygens (including phenoxy) is 3. The van der Waals surface area contributed by atoms with Crippen LogP contribution in [0.2, 0.25) is 0 Å². The number of fused-ring (bicyclic) bond motifs is 3. The Balaban J connectivity index is 2.55. The number of nitrogens with one attached hydrogen (secondary N) is 1. The van der Waals surface area contributed by atoms with Crippen molar-refractivity contribution in [3.8, 4) is 0 Å². The van der Waals surface area contributed by atoms with E-state index in [0.717, 1.165) is 42.4 Å². The van der Waals surface area contributed by atoms with E-state index in [1.807, 2.05) is 45.9 Å². The van der Waals surface area contributed by atoms with Crippen molar-refractivity contribution in [3.63, 3.8) is 0 Å². The van der Waals surface area contributed by atoms with Crippen molar-refractivity contribution in [2.45, 2.75) is 117 Å². The zero-order chi connectivity index (χ0) is 32.8. The third-order valence-electron chi connectivity index (χ3n) is 7.95. The lowest BCUT2D eigenvalue weighted by molar-refractivity contribution is -0.152. The van der Waals surface area contributed by atoms with E-state index in [4.69, 9.17) is 14.2 Å². The number of esters is 2. The summed E-state index contributed by atoms with van der Waals surface area (Å²) in [6.45, 7) is 15.7. The van der Waals surface area contributed by atoms with Crippen LogP contribution in [0.1, 0.15) is 92.9 Å². The molecule has 2 rings (SSSR count). The predicted octanol–water partition coefficient (Wildman–Crippen LogP) is 6.58. The number of methoxy groups -OCH3 is 1. The van der Waals surface area contributed by atoms with Crippen LogP contribution in [0.3, 0.4) is 0 Å². The molecule has 2 aliphatic heterocycles. The Labute approximate surface area is 264 Å². The van der Waals surface area contributed by atoms with Gasteiger partial charge in [0.15, 0.2) is 0 Å². The standard InChI is InChI=1S/C36H53NO7/c1-23(2)14-17-32-28(7)35(40)36(41)37-29-12-10-9-11-13-30(42-8)21-27(6)26(5)16-15-24(3)18-31(43-34(39)22-29)19-25(4)20-33(38)44-32/h14-17,19,22-23,28,30-32,35,40H,6,9-13,18,20-21H2,1-5,7-8H3,(H,37,41)/b17-14-,24-15-,25-19+,26-16+,29-22?. The molecule has 0 aromatic heterocycles. The summed E-state index contributed by atoms with van der Waals surface area (Å²) in [5.41, 5.74) is 4.09. The van der Waals surface area contributed by atoms with Crippen LogP contribution in [0.25, 0.3) is 0 Å². The fourth-order valence-electron chi connectivity index (χ4n) is 5.11. The highest BCUT2D eigenvalue weighted by molar-refractivity contribution is 5.87. The molecule has 2 aliphatic rings. The fourth-order valence-corrected chi connectivity index (χ4v) is 5.11. The van der Waals surface area contributed by atoms with Crippen molar-refractivity contribution < 1.29 is 33.7 Å². The monoisotopic (exact) mass is 611 g/mol. The number of cyclic esters (lactones) is 1. The maximum Gasteiger partial charge on any atom is 0.333 e. The van der Waals surface area contributed by atoms with E-state index in [1.54, 1.807) is 33.1 Å². The molecular weight excluding hydrogens is 558 g/mol. The highest BCUT2D eigenvalue weighted by Gasteiger charge is 2.31. The van der Waals surface area contributed by atoms with Gasteiger partial charge in [0.25, 0.3) is 5.91 Å². The van der Waals surface area contributed by atoms with Crippen LogP contribution in [0, 0.1) is 11.8 Å². The van der Waals surface area contributed by atoms with Crippen LogP contribution in [-0.2, 0) is 28.6 Å². The average Bonchev–Trinajstić information content (AvgIpc) is 2.94. The minimum absolute atomic E-state index is 0.0293. The number of hydrogen-bond donors (Lipinski definition) is 2. The molecule has 8 nitrogen and oxygen atoms in total. The van der Waals surface area contributed by atoms with Crippen molar-refractivity contribution in [1.29, 1.82) is 0 Å². The number of hydrogen-bond acceptors (Lipinski definition) is 7. The van der Waals surface area contributed by atoms with Crippen molar-refractivity contribution >= 4 is 17.8 Å². The molecule has 2 heterocycles. The normalized spacial score (nSPS) is 31.6. The van der Waals surface area contributed by atoms with E-state index < -0.39 is 42.1 Å². The van der Waals surface area contributed by atoms with Crippen LogP contribution in [0.5, 0.6) is 0 Å². The van der Waals surface area contributed by atoms with E-state index in [1.165, 1.54) is 6.08 Å². The maximum absolute atomic E-state index is 13.2. The topological polar surface area (TPSA) is 111 Å². The SMILES string of the molecule is C=C1CC(OC)CCCCCC2=CC(=O)OC(/C=C(\C)CC(=O)OC(/C=C\C(C)C)C(C)C(O)C(=O)N2)C/C(C)=C\C=C\1C. The Morgan fingerprint density at radius 2 is 1.77 bits per heavy atom. The summed E-state index contributed by atoms with van der Waals surface area (Å²) in [6, 6.07) is 0. The second-order valence-corrected chi connectivity index (χ2v) is 12.5. The second kappa shape index (κ2) is 18.5. The molecule has 44 heavy (non-hydrogen) atoms. The Kier molecular flexibility index (Phi) is 15.6. The largest absolute Gasteiger partial charge is 0.457 e. The van der Waals surface area contributed by atoms with Crippen molar-refractivity contribution in [1.82, 2.24) is 5.32 Å². The average molecular weight is 612 g/mol. The molecule has 0 fully saturated rings. The Bertz CT molecular complexity index is 1170. The van der Waals surface area contributed by atoms with Crippen LogP contribution >= 0.6 is 0 Å². The van der Waals surface area contributed by atoms with Crippen molar-refractivity contribution in [3.05, 3.63) is 71.0 Å². The summed E-state index contributed by atoms with van der Waals surface area (Å²) in [5, 5.41) is 13.8. The Morgan fingerprint density at radius 3 is 2.45 bits per heavy atom. The summed E-state index contributed by atoms with van der Waals surface area (Å²) < 4.78 is 17.4. The van der Waals surface area contributed by atoms with E-state index >= 15 is 0 Å². The van der Waals surface area contributed by atoms with Gasteiger partial charge in [-0.1, -0.05) is 69.6 Å². The van der Waals surface area contributed by atoms with E-state index in [-0.39, 0.29) is 18.4 Å². The van der Waals surface area contributed by atoms with E-state index in [0.29, 0.717) is 30.5 Å². The van der Waals surface area contributed by atoms with Crippen LogP contribution in [0.15, 0.2) is 71.0 Å². The van der Waals surface area contributed by atoms with Gasteiger partial charge in [-0.05, 0) is 75.7 Å². The highest BCUT2D eigenvalue weighted by Crippen LogP contribution is 2.23. The van der Waals surface area contributed by atoms with Crippen molar-refractivity contribution in [2.75, 3.05) is 7.11 Å². The quantitative estimate of drug-likeness (QED) is 0.274. The van der Waals surface area contributed by atoms with Gasteiger partial charge in [0.05, 0.1) is 12.5 Å². The maximum atomic E-state index is 13.2. The van der Waals surface area contributed by atoms with Gasteiger partial charge < -0.3 is 24.6 Å². The number of rotatable bonds is 3. The second-order valence-electron chi connectivity index (χ2n) is 12.5. The lowest BCUT2D eigenvalue weighted by atomic mass is 9.95. The van der Waals surface area contributed by atoms with Crippen LogP contribution in [-0.4, -0.2) is 54.5 Å². The first-order valence-corrected chi connectivity index (χ1v) is 15.8. The summed E-state index contributed by atoms with van der Waals surface area (Å²) in [4.78, 5) is 39.4. The summed E-state index contributed by atoms with van der Waals surface area (Å²) in [5.74, 6) is -2.33. The minimum atomic E-state index is -1.48. The Morgan fingerprint density at radius 1 is 1.05 bits per heavy atom. The molecule has 0 radical (unpaired) electrons. The van der Waals surface area contributed by atoms with Gasteiger partial charge in [-0.3, -0.25) is 9.59 Å². The lowest BCUT2D eigenvalue weighted by Crippen LogP contribution is -2.43. The lowest BCUT2D eigenvalue weighted by Gasteiger charge is -2.26. The van der Waals surface area contributed by atoms with Gasteiger partial charge in [-0.15, -0.1) is 0 Å². The summed E-state index contributed by atoms with van der Waals surface area (Å²) in [7, 11) is 1.72. The molecule has 0 saturated carbocycles. The van der Waals surface area contributed by atoms with Gasteiger partial charge in [0.1, 0.15) is 18.3 Å². The third kappa shape index (κ3) is 13.2. The smallest absolute Gasteiger partial charge is 0.333 e. The Hall–Kier alpha value is -3.23. The van der Waals surface area contributed by atoms with Gasteiger partial charge in [-0.2, -0.15) is 0 Å². The number of aliphatic hydroxyl groups excluding tert-OH is 1. The highest BCUT2D eigenvalue weighted by atomic mass is 16.5. The minimum Gasteiger partial charge on any atom is -0.457 e. The zero-order valence-corrected chi connectivity index (χ0v) is 27.7. The molecule has 244 valence electrons. The van der Waals surface area contributed by atoms with Crippen molar-refractivity contribution in [2.24, 2.45) is 11.8 Å². The number of carbonyl (C=O) groups is 3. The molecule has 0 spiro atoms. The molecule has 0 aliphatic carbocycles. The van der Waals surface area contributed by atoms with Crippen LogP contribution in [0.4, 0.5) is 0 Å². The molecule has 0 saturated heterocycles. The van der Waals surface area contributed by atoms with E-state index in [2.05, 4.69) is 11.9 Å². The molecule has 1 amide bonds. The first-order chi connectivity index (χ1) is 20.8. The summed E-state index contributed by atoms with van der Waals surface area (Å²) >= 11 is 0. The predicted molar refractivity (Wildman–Crippen MR) is 173 cm³/mol. The molecule has 2 N–H and O–H groups in total. The van der Waals surface area contributed by atoms with E-state index in [9.17, 15) is 19.5 Å². The molecule has 8 heteroatoms. The number of allylic oxidation sites excluding steroid dienone is 5. The molecule has 2 bridgehead atoms. The number of aliphatic hydroxyl groups is 1. The van der Waals surface area contributed by atoms with Gasteiger partial charge in [0.2, 0.25) is 0 Å².